The Hall–Kier alpha value is -3.15. The summed E-state index contributed by atoms with van der Waals surface area (Å²) in [6.45, 7) is 0. The van der Waals surface area contributed by atoms with Gasteiger partial charge in [-0.1, -0.05) is 6.07 Å². The van der Waals surface area contributed by atoms with Crippen LogP contribution in [-0.4, -0.2) is 11.0 Å². The van der Waals surface area contributed by atoms with Gasteiger partial charge in [-0.15, -0.1) is 0 Å². The summed E-state index contributed by atoms with van der Waals surface area (Å²) >= 11 is 0. The average Bonchev–Trinajstić information content (AvgIpc) is 2.56. The molecule has 0 unspecified atom stereocenters. The summed E-state index contributed by atoms with van der Waals surface area (Å²) in [7, 11) is 1.71. The van der Waals surface area contributed by atoms with Gasteiger partial charge in [0.05, 0.1) is 0 Å². The van der Waals surface area contributed by atoms with Crippen LogP contribution in [-0.2, 0) is 7.05 Å². The molecular weight excluding hydrogens is 314 g/mol. The molecule has 2 aromatic heterocycles. The van der Waals surface area contributed by atoms with Crippen molar-refractivity contribution in [1.29, 1.82) is 0 Å². The van der Waals surface area contributed by atoms with E-state index >= 15 is 0 Å². The number of benzene rings is 1. The van der Waals surface area contributed by atoms with E-state index in [1.54, 1.807) is 48.1 Å². The largest absolute Gasteiger partial charge is 0.421 e. The maximum Gasteiger partial charge on any atom is 0.362 e. The first-order valence-electron chi connectivity index (χ1n) is 7.13. The third-order valence-corrected chi connectivity index (χ3v) is 3.41. The lowest BCUT2D eigenvalue weighted by Gasteiger charge is -2.10. The van der Waals surface area contributed by atoms with Crippen LogP contribution in [0.3, 0.4) is 0 Å². The molecule has 3 aromatic rings. The topological polar surface area (TPSA) is 43.1 Å². The number of carbonyl (C=O) groups excluding carboxylic acids is 1. The highest BCUT2D eigenvalue weighted by atomic mass is 19.1. The van der Waals surface area contributed by atoms with E-state index in [1.807, 2.05) is 0 Å². The lowest BCUT2D eigenvalue weighted by molar-refractivity contribution is -0.660. The second-order valence-electron chi connectivity index (χ2n) is 5.06. The molecule has 24 heavy (non-hydrogen) atoms. The monoisotopic (exact) mass is 327 g/mol. The molecule has 3 rings (SSSR count). The van der Waals surface area contributed by atoms with Crippen molar-refractivity contribution >= 4 is 5.97 Å². The summed E-state index contributed by atoms with van der Waals surface area (Å²) in [6, 6.07) is 11.6. The van der Waals surface area contributed by atoms with Crippen LogP contribution in [0.25, 0.3) is 11.3 Å². The first-order valence-corrected chi connectivity index (χ1v) is 7.13. The van der Waals surface area contributed by atoms with Crippen molar-refractivity contribution in [1.82, 2.24) is 4.98 Å². The Morgan fingerprint density at radius 2 is 1.92 bits per heavy atom. The van der Waals surface area contributed by atoms with Gasteiger partial charge in [-0.3, -0.25) is 0 Å². The number of halogens is 2. The number of aryl methyl sites for hydroxylation is 1. The van der Waals surface area contributed by atoms with E-state index in [2.05, 4.69) is 4.98 Å². The maximum absolute atomic E-state index is 14.4. The van der Waals surface area contributed by atoms with E-state index in [0.29, 0.717) is 5.69 Å². The van der Waals surface area contributed by atoms with Crippen LogP contribution in [0, 0.1) is 11.6 Å². The molecule has 0 bridgehead atoms. The van der Waals surface area contributed by atoms with E-state index in [0.717, 1.165) is 12.1 Å². The zero-order valence-electron chi connectivity index (χ0n) is 12.7. The molecule has 0 aliphatic rings. The number of carbonyl (C=O) groups is 1. The van der Waals surface area contributed by atoms with Gasteiger partial charge in [-0.25, -0.2) is 23.1 Å². The Balaban J connectivity index is 2.08. The van der Waals surface area contributed by atoms with Crippen molar-refractivity contribution in [2.75, 3.05) is 0 Å². The fourth-order valence-corrected chi connectivity index (χ4v) is 2.30. The molecule has 0 fully saturated rings. The fraction of sp³-hybridized carbons (Fsp3) is 0.0556. The first-order chi connectivity index (χ1) is 11.6. The maximum atomic E-state index is 14.4. The van der Waals surface area contributed by atoms with Crippen LogP contribution in [0.5, 0.6) is 5.75 Å². The Labute approximate surface area is 137 Å². The van der Waals surface area contributed by atoms with E-state index < -0.39 is 17.6 Å². The number of aromatic nitrogens is 2. The van der Waals surface area contributed by atoms with Gasteiger partial charge in [0.15, 0.2) is 11.9 Å². The van der Waals surface area contributed by atoms with Gasteiger partial charge in [0.25, 0.3) is 0 Å². The molecular formula is C18H13F2N2O2+. The lowest BCUT2D eigenvalue weighted by atomic mass is 10.1. The predicted molar refractivity (Wildman–Crippen MR) is 82.2 cm³/mol. The van der Waals surface area contributed by atoms with Crippen molar-refractivity contribution in [3.8, 4) is 17.0 Å². The number of rotatable bonds is 3. The van der Waals surface area contributed by atoms with Gasteiger partial charge < -0.3 is 4.74 Å². The molecule has 0 N–H and O–H groups in total. The molecule has 0 atom stereocenters. The standard InChI is InChI=1S/C18H13F2N2O2/c1-22-9-5-3-7-15(22)17-13(20)10-12(19)11-16(17)24-18(23)14-6-2-4-8-21-14/h2-11H,1H3/q+1. The minimum atomic E-state index is -0.835. The highest BCUT2D eigenvalue weighted by molar-refractivity contribution is 5.90. The van der Waals surface area contributed by atoms with E-state index in [1.165, 1.54) is 12.3 Å². The predicted octanol–water partition coefficient (Wildman–Crippen LogP) is 3.07. The fourth-order valence-electron chi connectivity index (χ4n) is 2.30. The van der Waals surface area contributed by atoms with Gasteiger partial charge in [0, 0.05) is 30.5 Å². The molecule has 0 saturated heterocycles. The Morgan fingerprint density at radius 1 is 1.12 bits per heavy atom. The highest BCUT2D eigenvalue weighted by Crippen LogP contribution is 2.32. The molecule has 2 heterocycles. The van der Waals surface area contributed by atoms with E-state index in [-0.39, 0.29) is 17.0 Å². The molecule has 0 aliphatic carbocycles. The molecule has 1 aromatic carbocycles. The Kier molecular flexibility index (Phi) is 4.29. The van der Waals surface area contributed by atoms with Crippen LogP contribution in [0.1, 0.15) is 10.5 Å². The molecule has 0 amide bonds. The van der Waals surface area contributed by atoms with Crippen molar-refractivity contribution in [3.05, 3.63) is 78.3 Å². The van der Waals surface area contributed by atoms with Gasteiger partial charge in [0.2, 0.25) is 5.69 Å². The SMILES string of the molecule is C[n+]1ccccc1-c1c(F)cc(F)cc1OC(=O)c1ccccn1. The molecule has 4 nitrogen and oxygen atoms in total. The summed E-state index contributed by atoms with van der Waals surface area (Å²) in [5, 5.41) is 0. The third kappa shape index (κ3) is 3.12. The lowest BCUT2D eigenvalue weighted by Crippen LogP contribution is -2.30. The van der Waals surface area contributed by atoms with Crippen LogP contribution >= 0.6 is 0 Å². The first kappa shape index (κ1) is 15.7. The summed E-state index contributed by atoms with van der Waals surface area (Å²) in [5.74, 6) is -2.65. The second-order valence-corrected chi connectivity index (χ2v) is 5.06. The van der Waals surface area contributed by atoms with Gasteiger partial charge in [-0.05, 0) is 18.2 Å². The highest BCUT2D eigenvalue weighted by Gasteiger charge is 2.23. The molecule has 0 aliphatic heterocycles. The van der Waals surface area contributed by atoms with Crippen LogP contribution < -0.4 is 9.30 Å². The van der Waals surface area contributed by atoms with Crippen molar-refractivity contribution in [2.45, 2.75) is 0 Å². The minimum absolute atomic E-state index is 0.00350. The van der Waals surface area contributed by atoms with Crippen LogP contribution in [0.2, 0.25) is 0 Å². The average molecular weight is 327 g/mol. The number of esters is 1. The summed E-state index contributed by atoms with van der Waals surface area (Å²) < 4.78 is 34.8. The quantitative estimate of drug-likeness (QED) is 0.422. The van der Waals surface area contributed by atoms with Crippen molar-refractivity contribution in [3.63, 3.8) is 0 Å². The smallest absolute Gasteiger partial charge is 0.362 e. The minimum Gasteiger partial charge on any atom is -0.421 e. The molecule has 6 heteroatoms. The number of nitrogens with zero attached hydrogens (tertiary/aromatic N) is 2. The molecule has 120 valence electrons. The van der Waals surface area contributed by atoms with Crippen LogP contribution in [0.4, 0.5) is 8.78 Å². The van der Waals surface area contributed by atoms with Crippen molar-refractivity contribution in [2.24, 2.45) is 7.05 Å². The van der Waals surface area contributed by atoms with E-state index in [9.17, 15) is 13.6 Å². The number of hydrogen-bond acceptors (Lipinski definition) is 3. The van der Waals surface area contributed by atoms with E-state index in [4.69, 9.17) is 4.74 Å². The number of hydrogen-bond donors (Lipinski definition) is 0. The van der Waals surface area contributed by atoms with Crippen LogP contribution in [0.15, 0.2) is 60.9 Å². The Morgan fingerprint density at radius 3 is 2.62 bits per heavy atom. The zero-order valence-corrected chi connectivity index (χ0v) is 12.7. The normalized spacial score (nSPS) is 10.5. The van der Waals surface area contributed by atoms with Gasteiger partial charge in [-0.2, -0.15) is 0 Å². The van der Waals surface area contributed by atoms with Crippen molar-refractivity contribution < 1.29 is 22.9 Å². The van der Waals surface area contributed by atoms with Gasteiger partial charge in [0.1, 0.15) is 29.9 Å². The van der Waals surface area contributed by atoms with Gasteiger partial charge >= 0.3 is 5.97 Å². The molecule has 0 saturated carbocycles. The summed E-state index contributed by atoms with van der Waals surface area (Å²) in [5.41, 5.74) is 0.494. The molecule has 0 spiro atoms. The second kappa shape index (κ2) is 6.54. The Bertz CT molecular complexity index is 899. The summed E-state index contributed by atoms with van der Waals surface area (Å²) in [4.78, 5) is 16.0. The molecule has 0 radical (unpaired) electrons. The summed E-state index contributed by atoms with van der Waals surface area (Å²) in [6.07, 6.45) is 3.14. The number of pyridine rings is 2. The number of ether oxygens (including phenoxy) is 1. The zero-order chi connectivity index (χ0) is 17.1. The third-order valence-electron chi connectivity index (χ3n) is 3.41.